The van der Waals surface area contributed by atoms with Crippen molar-refractivity contribution in [2.24, 2.45) is 0 Å². The van der Waals surface area contributed by atoms with Gasteiger partial charge in [-0.25, -0.2) is 0 Å². The number of nitrogens with zero attached hydrogens (tertiary/aromatic N) is 1. The van der Waals surface area contributed by atoms with Gasteiger partial charge in [-0.05, 0) is 53.5 Å². The highest BCUT2D eigenvalue weighted by Crippen LogP contribution is 2.28. The van der Waals surface area contributed by atoms with Gasteiger partial charge in [-0.2, -0.15) is 0 Å². The SMILES string of the molecule is C=C/C(=C\C)c1ccc(N(C)c2ccc(-c3ccccc3)cc2)cc1.CC. The molecule has 3 aromatic rings. The number of rotatable bonds is 5. The van der Waals surface area contributed by atoms with Gasteiger partial charge < -0.3 is 4.90 Å². The molecule has 3 aromatic carbocycles. The normalized spacial score (nSPS) is 10.6. The fraction of sp³-hybridized carbons (Fsp3) is 0.154. The molecule has 138 valence electrons. The van der Waals surface area contributed by atoms with Gasteiger partial charge in [0.25, 0.3) is 0 Å². The molecule has 3 rings (SSSR count). The summed E-state index contributed by atoms with van der Waals surface area (Å²) in [6, 6.07) is 27.7. The second kappa shape index (κ2) is 10.2. The van der Waals surface area contributed by atoms with E-state index >= 15 is 0 Å². The van der Waals surface area contributed by atoms with Crippen molar-refractivity contribution in [2.75, 3.05) is 11.9 Å². The smallest absolute Gasteiger partial charge is 0.0408 e. The maximum atomic E-state index is 3.87. The van der Waals surface area contributed by atoms with Gasteiger partial charge in [-0.1, -0.05) is 87.2 Å². The first-order valence-corrected chi connectivity index (χ1v) is 9.51. The first-order valence-electron chi connectivity index (χ1n) is 9.51. The zero-order chi connectivity index (χ0) is 19.6. The number of benzene rings is 3. The summed E-state index contributed by atoms with van der Waals surface area (Å²) in [5, 5.41) is 0. The molecular formula is C26H29N. The molecule has 0 saturated heterocycles. The van der Waals surface area contributed by atoms with Crippen LogP contribution in [0.5, 0.6) is 0 Å². The average Bonchev–Trinajstić information content (AvgIpc) is 2.77. The van der Waals surface area contributed by atoms with Gasteiger partial charge in [0.15, 0.2) is 0 Å². The van der Waals surface area contributed by atoms with Crippen LogP contribution in [0.3, 0.4) is 0 Å². The quantitative estimate of drug-likeness (QED) is 0.423. The number of hydrogen-bond acceptors (Lipinski definition) is 1. The van der Waals surface area contributed by atoms with E-state index in [1.807, 2.05) is 32.9 Å². The number of allylic oxidation sites excluding steroid dienone is 3. The molecule has 0 heterocycles. The molecule has 0 aromatic heterocycles. The van der Waals surface area contributed by atoms with Crippen molar-refractivity contribution in [3.8, 4) is 11.1 Å². The molecule has 0 aliphatic rings. The lowest BCUT2D eigenvalue weighted by Gasteiger charge is -2.20. The van der Waals surface area contributed by atoms with E-state index < -0.39 is 0 Å². The van der Waals surface area contributed by atoms with Crippen molar-refractivity contribution in [1.82, 2.24) is 0 Å². The van der Waals surface area contributed by atoms with Crippen LogP contribution >= 0.6 is 0 Å². The van der Waals surface area contributed by atoms with Gasteiger partial charge in [-0.3, -0.25) is 0 Å². The van der Waals surface area contributed by atoms with Crippen LogP contribution in [-0.2, 0) is 0 Å². The molecule has 0 radical (unpaired) electrons. The summed E-state index contributed by atoms with van der Waals surface area (Å²) in [5.41, 5.74) is 7.15. The lowest BCUT2D eigenvalue weighted by Crippen LogP contribution is -2.09. The van der Waals surface area contributed by atoms with Crippen LogP contribution in [0.15, 0.2) is 97.6 Å². The van der Waals surface area contributed by atoms with E-state index in [-0.39, 0.29) is 0 Å². The molecule has 0 unspecified atom stereocenters. The van der Waals surface area contributed by atoms with E-state index in [4.69, 9.17) is 0 Å². The fourth-order valence-electron chi connectivity index (χ4n) is 2.94. The summed E-state index contributed by atoms with van der Waals surface area (Å²) in [6.07, 6.45) is 3.97. The van der Waals surface area contributed by atoms with Gasteiger partial charge >= 0.3 is 0 Å². The van der Waals surface area contributed by atoms with Gasteiger partial charge in [0.1, 0.15) is 0 Å². The molecule has 0 amide bonds. The van der Waals surface area contributed by atoms with Crippen molar-refractivity contribution in [3.05, 3.63) is 103 Å². The van der Waals surface area contributed by atoms with Crippen LogP contribution < -0.4 is 4.90 Å². The van der Waals surface area contributed by atoms with Crippen LogP contribution in [-0.4, -0.2) is 7.05 Å². The Kier molecular flexibility index (Phi) is 7.63. The van der Waals surface area contributed by atoms with E-state index in [1.54, 1.807) is 0 Å². The third-order valence-electron chi connectivity index (χ3n) is 4.48. The molecule has 0 fully saturated rings. The highest BCUT2D eigenvalue weighted by molar-refractivity contribution is 5.75. The minimum absolute atomic E-state index is 1.15. The summed E-state index contributed by atoms with van der Waals surface area (Å²) < 4.78 is 0. The van der Waals surface area contributed by atoms with Crippen molar-refractivity contribution in [3.63, 3.8) is 0 Å². The molecule has 0 saturated carbocycles. The third-order valence-corrected chi connectivity index (χ3v) is 4.48. The van der Waals surface area contributed by atoms with Gasteiger partial charge in [0.2, 0.25) is 0 Å². The van der Waals surface area contributed by atoms with Crippen LogP contribution in [0.2, 0.25) is 0 Å². The first kappa shape index (κ1) is 20.3. The Hall–Kier alpha value is -3.06. The van der Waals surface area contributed by atoms with Crippen molar-refractivity contribution in [2.45, 2.75) is 20.8 Å². The maximum absolute atomic E-state index is 3.87. The fourth-order valence-corrected chi connectivity index (χ4v) is 2.94. The Morgan fingerprint density at radius 1 is 0.741 bits per heavy atom. The zero-order valence-corrected chi connectivity index (χ0v) is 16.8. The van der Waals surface area contributed by atoms with Crippen molar-refractivity contribution < 1.29 is 0 Å². The molecule has 0 bridgehead atoms. The lowest BCUT2D eigenvalue weighted by atomic mass is 10.0. The van der Waals surface area contributed by atoms with Crippen LogP contribution in [0.25, 0.3) is 16.7 Å². The first-order chi connectivity index (χ1) is 13.2. The third kappa shape index (κ3) is 4.98. The Morgan fingerprint density at radius 2 is 1.22 bits per heavy atom. The molecule has 0 spiro atoms. The van der Waals surface area contributed by atoms with Crippen LogP contribution in [0.4, 0.5) is 11.4 Å². The highest BCUT2D eigenvalue weighted by Gasteiger charge is 2.05. The number of hydrogen-bond donors (Lipinski definition) is 0. The second-order valence-corrected chi connectivity index (χ2v) is 5.97. The van der Waals surface area contributed by atoms with E-state index in [0.29, 0.717) is 0 Å². The zero-order valence-electron chi connectivity index (χ0n) is 16.8. The standard InChI is InChI=1S/C24H23N.C2H6/c1-4-19(5-2)21-11-15-23(16-12-21)25(3)24-17-13-22(14-18-24)20-9-7-6-8-10-20;1-2/h4-18H,1H2,2-3H3;1-2H3/b19-5+;. The summed E-state index contributed by atoms with van der Waals surface area (Å²) in [4.78, 5) is 2.20. The lowest BCUT2D eigenvalue weighted by molar-refractivity contribution is 1.21. The molecule has 1 nitrogen and oxygen atoms in total. The van der Waals surface area contributed by atoms with Crippen LogP contribution in [0.1, 0.15) is 26.3 Å². The van der Waals surface area contributed by atoms with E-state index in [2.05, 4.69) is 97.4 Å². The molecule has 0 N–H and O–H groups in total. The minimum Gasteiger partial charge on any atom is -0.345 e. The summed E-state index contributed by atoms with van der Waals surface area (Å²) in [7, 11) is 2.09. The Morgan fingerprint density at radius 3 is 1.70 bits per heavy atom. The van der Waals surface area contributed by atoms with E-state index in [1.165, 1.54) is 22.4 Å². The Bertz CT molecular complexity index is 856. The van der Waals surface area contributed by atoms with Gasteiger partial charge in [0, 0.05) is 18.4 Å². The van der Waals surface area contributed by atoms with E-state index in [9.17, 15) is 0 Å². The summed E-state index contributed by atoms with van der Waals surface area (Å²) in [6.45, 7) is 9.90. The maximum Gasteiger partial charge on any atom is 0.0408 e. The number of anilines is 2. The average molecular weight is 356 g/mol. The van der Waals surface area contributed by atoms with E-state index in [0.717, 1.165) is 11.3 Å². The molecule has 0 aliphatic carbocycles. The molecule has 27 heavy (non-hydrogen) atoms. The van der Waals surface area contributed by atoms with Crippen LogP contribution in [0, 0.1) is 0 Å². The monoisotopic (exact) mass is 355 g/mol. The molecule has 0 atom stereocenters. The molecule has 0 aliphatic heterocycles. The Labute approximate surface area is 164 Å². The summed E-state index contributed by atoms with van der Waals surface area (Å²) >= 11 is 0. The molecule has 1 heteroatoms. The van der Waals surface area contributed by atoms with Gasteiger partial charge in [0.05, 0.1) is 0 Å². The predicted molar refractivity (Wildman–Crippen MR) is 122 cm³/mol. The van der Waals surface area contributed by atoms with Crippen molar-refractivity contribution in [1.29, 1.82) is 0 Å². The largest absolute Gasteiger partial charge is 0.345 e. The molecular weight excluding hydrogens is 326 g/mol. The highest BCUT2D eigenvalue weighted by atomic mass is 15.1. The topological polar surface area (TPSA) is 3.24 Å². The predicted octanol–water partition coefficient (Wildman–Crippen LogP) is 7.74. The minimum atomic E-state index is 1.15. The van der Waals surface area contributed by atoms with Gasteiger partial charge in [-0.15, -0.1) is 0 Å². The second-order valence-electron chi connectivity index (χ2n) is 5.97. The Balaban J connectivity index is 0.00000126. The van der Waals surface area contributed by atoms with Crippen molar-refractivity contribution >= 4 is 16.9 Å². The summed E-state index contributed by atoms with van der Waals surface area (Å²) in [5.74, 6) is 0.